The fourth-order valence-electron chi connectivity index (χ4n) is 2.70. The Morgan fingerprint density at radius 3 is 2.26 bits per heavy atom. The molecule has 0 aliphatic heterocycles. The molecule has 0 unspecified atom stereocenters. The van der Waals surface area contributed by atoms with Gasteiger partial charge in [0.2, 0.25) is 0 Å². The van der Waals surface area contributed by atoms with E-state index in [9.17, 15) is 0 Å². The van der Waals surface area contributed by atoms with E-state index < -0.39 is 0 Å². The smallest absolute Gasteiger partial charge is 0.0593 e. The lowest BCUT2D eigenvalue weighted by Gasteiger charge is -2.23. The van der Waals surface area contributed by atoms with E-state index in [0.29, 0.717) is 0 Å². The van der Waals surface area contributed by atoms with Crippen molar-refractivity contribution in [2.24, 2.45) is 11.8 Å². The molecule has 1 aromatic heterocycles. The van der Waals surface area contributed by atoms with Crippen molar-refractivity contribution in [1.29, 1.82) is 0 Å². The van der Waals surface area contributed by atoms with Crippen molar-refractivity contribution in [3.63, 3.8) is 0 Å². The molecule has 0 atom stereocenters. The first-order valence-electron chi connectivity index (χ1n) is 7.56. The molecule has 3 rings (SSSR count). The summed E-state index contributed by atoms with van der Waals surface area (Å²) in [5.41, 5.74) is 10.5. The molecular weight excluding hydrogens is 234 g/mol. The van der Waals surface area contributed by atoms with Crippen molar-refractivity contribution in [3.8, 4) is 0 Å². The molecule has 1 heterocycles. The van der Waals surface area contributed by atoms with Crippen molar-refractivity contribution < 1.29 is 0 Å². The average molecular weight is 259 g/mol. The first kappa shape index (κ1) is 12.9. The molecule has 2 fully saturated rings. The fourth-order valence-corrected chi connectivity index (χ4v) is 2.70. The molecule has 0 bridgehead atoms. The number of nitrogen functional groups attached to an aromatic ring is 1. The molecule has 2 N–H and O–H groups in total. The molecule has 0 spiro atoms. The van der Waals surface area contributed by atoms with Crippen LogP contribution in [0.25, 0.3) is 0 Å². The lowest BCUT2D eigenvalue weighted by Crippen LogP contribution is -2.28. The minimum Gasteiger partial charge on any atom is -0.398 e. The topological polar surface area (TPSA) is 42.2 Å². The van der Waals surface area contributed by atoms with Crippen LogP contribution >= 0.6 is 0 Å². The number of aryl methyl sites for hydroxylation is 1. The highest BCUT2D eigenvalue weighted by atomic mass is 15.1. The van der Waals surface area contributed by atoms with Crippen molar-refractivity contribution in [2.45, 2.75) is 46.1 Å². The zero-order valence-electron chi connectivity index (χ0n) is 12.2. The molecule has 3 heteroatoms. The van der Waals surface area contributed by atoms with Crippen LogP contribution < -0.4 is 5.73 Å². The van der Waals surface area contributed by atoms with Gasteiger partial charge in [-0.05, 0) is 62.5 Å². The summed E-state index contributed by atoms with van der Waals surface area (Å²) in [6.07, 6.45) is 7.60. The first-order valence-corrected chi connectivity index (χ1v) is 7.56. The summed E-state index contributed by atoms with van der Waals surface area (Å²) >= 11 is 0. The molecule has 0 amide bonds. The van der Waals surface area contributed by atoms with Crippen molar-refractivity contribution in [2.75, 3.05) is 18.8 Å². The number of aromatic nitrogens is 1. The maximum atomic E-state index is 6.13. The second-order valence-electron chi connectivity index (χ2n) is 6.51. The lowest BCUT2D eigenvalue weighted by molar-refractivity contribution is 0.241. The summed E-state index contributed by atoms with van der Waals surface area (Å²) in [6.45, 7) is 7.63. The van der Waals surface area contributed by atoms with E-state index in [2.05, 4.69) is 16.8 Å². The molecule has 1 aromatic rings. The maximum absolute atomic E-state index is 6.13. The third-order valence-electron chi connectivity index (χ3n) is 4.48. The van der Waals surface area contributed by atoms with Crippen LogP contribution in [-0.4, -0.2) is 23.0 Å². The van der Waals surface area contributed by atoms with E-state index in [0.717, 1.165) is 29.6 Å². The largest absolute Gasteiger partial charge is 0.398 e. The fraction of sp³-hybridized carbons (Fsp3) is 0.688. The van der Waals surface area contributed by atoms with E-state index in [1.54, 1.807) is 0 Å². The van der Waals surface area contributed by atoms with Gasteiger partial charge in [0.1, 0.15) is 0 Å². The van der Waals surface area contributed by atoms with Crippen LogP contribution in [0.4, 0.5) is 5.69 Å². The standard InChI is InChI=1S/C16H25N3/c1-11-7-18-15(12(2)16(11)17)10-19(8-13-3-4-13)9-14-5-6-14/h7,13-14H,3-6,8-10H2,1-2H3,(H2,17,18). The molecule has 0 radical (unpaired) electrons. The quantitative estimate of drug-likeness (QED) is 0.854. The third-order valence-corrected chi connectivity index (χ3v) is 4.48. The number of nitrogens with zero attached hydrogens (tertiary/aromatic N) is 2. The number of anilines is 1. The Kier molecular flexibility index (Phi) is 3.48. The number of hydrogen-bond donors (Lipinski definition) is 1. The van der Waals surface area contributed by atoms with E-state index in [-0.39, 0.29) is 0 Å². The Hall–Kier alpha value is -1.09. The third kappa shape index (κ3) is 3.27. The normalized spacial score (nSPS) is 19.1. The number of nitrogens with two attached hydrogens (primary N) is 1. The predicted octanol–water partition coefficient (Wildman–Crippen LogP) is 2.90. The highest BCUT2D eigenvalue weighted by molar-refractivity contribution is 5.53. The predicted molar refractivity (Wildman–Crippen MR) is 78.8 cm³/mol. The minimum absolute atomic E-state index is 0.919. The van der Waals surface area contributed by atoms with E-state index in [1.807, 2.05) is 13.1 Å². The molecule has 19 heavy (non-hydrogen) atoms. The molecule has 2 aliphatic rings. The Morgan fingerprint density at radius 1 is 1.16 bits per heavy atom. The van der Waals surface area contributed by atoms with Crippen LogP contribution in [0.1, 0.15) is 42.5 Å². The molecule has 2 aliphatic carbocycles. The van der Waals surface area contributed by atoms with Gasteiger partial charge in [0.05, 0.1) is 5.69 Å². The Bertz CT molecular complexity index is 447. The van der Waals surface area contributed by atoms with Gasteiger partial charge in [-0.25, -0.2) is 0 Å². The zero-order chi connectivity index (χ0) is 13.4. The second-order valence-corrected chi connectivity index (χ2v) is 6.51. The lowest BCUT2D eigenvalue weighted by atomic mass is 10.1. The van der Waals surface area contributed by atoms with Crippen LogP contribution in [0.3, 0.4) is 0 Å². The number of rotatable bonds is 6. The molecule has 0 saturated heterocycles. The van der Waals surface area contributed by atoms with Crippen molar-refractivity contribution in [3.05, 3.63) is 23.0 Å². The Morgan fingerprint density at radius 2 is 1.74 bits per heavy atom. The van der Waals surface area contributed by atoms with Crippen LogP contribution in [0, 0.1) is 25.7 Å². The molecule has 104 valence electrons. The first-order chi connectivity index (χ1) is 9.13. The summed E-state index contributed by atoms with van der Waals surface area (Å²) in [7, 11) is 0. The summed E-state index contributed by atoms with van der Waals surface area (Å²) < 4.78 is 0. The van der Waals surface area contributed by atoms with Gasteiger partial charge in [0.25, 0.3) is 0 Å². The summed E-state index contributed by atoms with van der Waals surface area (Å²) in [6, 6.07) is 0. The SMILES string of the molecule is Cc1cnc(CN(CC2CC2)CC2CC2)c(C)c1N. The summed E-state index contributed by atoms with van der Waals surface area (Å²) in [5, 5.41) is 0. The van der Waals surface area contributed by atoms with Gasteiger partial charge in [-0.15, -0.1) is 0 Å². The van der Waals surface area contributed by atoms with E-state index in [4.69, 9.17) is 5.73 Å². The molecule has 2 saturated carbocycles. The van der Waals surface area contributed by atoms with Gasteiger partial charge in [0.15, 0.2) is 0 Å². The number of hydrogen-bond acceptors (Lipinski definition) is 3. The highest BCUT2D eigenvalue weighted by Crippen LogP contribution is 2.34. The second kappa shape index (κ2) is 5.12. The van der Waals surface area contributed by atoms with Gasteiger partial charge < -0.3 is 5.73 Å². The van der Waals surface area contributed by atoms with Gasteiger partial charge in [-0.2, -0.15) is 0 Å². The van der Waals surface area contributed by atoms with Crippen LogP contribution in [-0.2, 0) is 6.54 Å². The van der Waals surface area contributed by atoms with Crippen LogP contribution in [0.15, 0.2) is 6.20 Å². The highest BCUT2D eigenvalue weighted by Gasteiger charge is 2.29. The maximum Gasteiger partial charge on any atom is 0.0593 e. The number of pyridine rings is 1. The zero-order valence-corrected chi connectivity index (χ0v) is 12.2. The molecule has 0 aromatic carbocycles. The Balaban J connectivity index is 1.70. The minimum atomic E-state index is 0.919. The van der Waals surface area contributed by atoms with Crippen LogP contribution in [0.5, 0.6) is 0 Å². The van der Waals surface area contributed by atoms with Gasteiger partial charge in [0, 0.05) is 31.5 Å². The van der Waals surface area contributed by atoms with Crippen LogP contribution in [0.2, 0.25) is 0 Å². The summed E-state index contributed by atoms with van der Waals surface area (Å²) in [4.78, 5) is 7.22. The average Bonchev–Trinajstić information content (AvgIpc) is 3.26. The Labute approximate surface area is 116 Å². The van der Waals surface area contributed by atoms with E-state index in [1.165, 1.54) is 50.0 Å². The van der Waals surface area contributed by atoms with E-state index >= 15 is 0 Å². The molecule has 3 nitrogen and oxygen atoms in total. The van der Waals surface area contributed by atoms with Gasteiger partial charge in [-0.3, -0.25) is 9.88 Å². The monoisotopic (exact) mass is 259 g/mol. The summed E-state index contributed by atoms with van der Waals surface area (Å²) in [5.74, 6) is 1.89. The van der Waals surface area contributed by atoms with Crippen molar-refractivity contribution >= 4 is 5.69 Å². The van der Waals surface area contributed by atoms with Gasteiger partial charge in [-0.1, -0.05) is 0 Å². The van der Waals surface area contributed by atoms with Gasteiger partial charge >= 0.3 is 0 Å². The molecular formula is C16H25N3. The van der Waals surface area contributed by atoms with Crippen molar-refractivity contribution in [1.82, 2.24) is 9.88 Å².